The third kappa shape index (κ3) is 2.07. The molecule has 0 aliphatic rings. The molecule has 15 heavy (non-hydrogen) atoms. The van der Waals surface area contributed by atoms with Gasteiger partial charge >= 0.3 is 0 Å². The number of nitrogens with zero attached hydrogens (tertiary/aromatic N) is 4. The van der Waals surface area contributed by atoms with Gasteiger partial charge in [0, 0.05) is 11.6 Å². The van der Waals surface area contributed by atoms with Crippen LogP contribution >= 0.6 is 34.5 Å². The molecule has 0 saturated heterocycles. The highest BCUT2D eigenvalue weighted by atomic mass is 35.5. The molecular formula is C8H2Cl2N4S. The van der Waals surface area contributed by atoms with Crippen molar-refractivity contribution in [1.29, 1.82) is 5.26 Å². The van der Waals surface area contributed by atoms with Gasteiger partial charge in [0.2, 0.25) is 5.28 Å². The second-order valence-corrected chi connectivity index (χ2v) is 4.05. The zero-order chi connectivity index (χ0) is 10.8. The summed E-state index contributed by atoms with van der Waals surface area (Å²) in [4.78, 5) is 11.6. The molecule has 7 heteroatoms. The predicted octanol–water partition coefficient (Wildman–Crippen LogP) is 2.78. The molecule has 0 radical (unpaired) electrons. The van der Waals surface area contributed by atoms with Gasteiger partial charge in [0.05, 0.1) is 5.56 Å². The molecule has 2 rings (SSSR count). The third-order valence-corrected chi connectivity index (χ3v) is 2.91. The van der Waals surface area contributed by atoms with Gasteiger partial charge in [-0.05, 0) is 11.6 Å². The lowest BCUT2D eigenvalue weighted by atomic mass is 10.3. The standard InChI is InChI=1S/C8H2Cl2N4S/c9-6-5(2-12-8(10)14-6)7-13-4(1-11)3-15-7/h2-3H. The third-order valence-electron chi connectivity index (χ3n) is 1.56. The van der Waals surface area contributed by atoms with Crippen LogP contribution in [0.3, 0.4) is 0 Å². The minimum Gasteiger partial charge on any atom is -0.226 e. The average molecular weight is 257 g/mol. The van der Waals surface area contributed by atoms with Crippen LogP contribution in [0, 0.1) is 11.3 Å². The van der Waals surface area contributed by atoms with Crippen molar-refractivity contribution in [2.75, 3.05) is 0 Å². The van der Waals surface area contributed by atoms with Gasteiger partial charge in [-0.1, -0.05) is 11.6 Å². The van der Waals surface area contributed by atoms with Crippen molar-refractivity contribution in [3.8, 4) is 16.6 Å². The number of rotatable bonds is 1. The molecule has 0 unspecified atom stereocenters. The second kappa shape index (κ2) is 4.11. The number of thiazole rings is 1. The lowest BCUT2D eigenvalue weighted by molar-refractivity contribution is 1.16. The Morgan fingerprint density at radius 1 is 1.33 bits per heavy atom. The quantitative estimate of drug-likeness (QED) is 0.582. The average Bonchev–Trinajstić information content (AvgIpc) is 2.66. The van der Waals surface area contributed by atoms with Gasteiger partial charge in [-0.3, -0.25) is 0 Å². The van der Waals surface area contributed by atoms with E-state index in [1.54, 1.807) is 5.38 Å². The fourth-order valence-corrected chi connectivity index (χ4v) is 2.14. The summed E-state index contributed by atoms with van der Waals surface area (Å²) in [6.45, 7) is 0. The maximum absolute atomic E-state index is 8.62. The predicted molar refractivity (Wildman–Crippen MR) is 57.9 cm³/mol. The highest BCUT2D eigenvalue weighted by molar-refractivity contribution is 7.13. The topological polar surface area (TPSA) is 62.5 Å². The van der Waals surface area contributed by atoms with Gasteiger partial charge in [-0.15, -0.1) is 11.3 Å². The van der Waals surface area contributed by atoms with E-state index < -0.39 is 0 Å². The normalized spacial score (nSPS) is 9.93. The maximum atomic E-state index is 8.62. The smallest absolute Gasteiger partial charge is 0.223 e. The highest BCUT2D eigenvalue weighted by Gasteiger charge is 2.10. The van der Waals surface area contributed by atoms with Crippen LogP contribution in [-0.4, -0.2) is 15.0 Å². The maximum Gasteiger partial charge on any atom is 0.223 e. The number of nitriles is 1. The van der Waals surface area contributed by atoms with E-state index in [1.807, 2.05) is 6.07 Å². The molecule has 0 spiro atoms. The molecule has 2 heterocycles. The van der Waals surface area contributed by atoms with Gasteiger partial charge in [-0.25, -0.2) is 15.0 Å². The Hall–Kier alpha value is -1.22. The van der Waals surface area contributed by atoms with E-state index in [0.717, 1.165) is 0 Å². The first kappa shape index (κ1) is 10.3. The molecule has 0 aliphatic heterocycles. The molecule has 74 valence electrons. The summed E-state index contributed by atoms with van der Waals surface area (Å²) in [6.07, 6.45) is 1.48. The van der Waals surface area contributed by atoms with Crippen LogP contribution in [-0.2, 0) is 0 Å². The van der Waals surface area contributed by atoms with Gasteiger partial charge in [0.1, 0.15) is 16.2 Å². The first-order chi connectivity index (χ1) is 7.20. The Labute approximate surface area is 99.2 Å². The highest BCUT2D eigenvalue weighted by Crippen LogP contribution is 2.28. The van der Waals surface area contributed by atoms with Crippen molar-refractivity contribution < 1.29 is 0 Å². The van der Waals surface area contributed by atoms with Crippen LogP contribution in [0.1, 0.15) is 5.69 Å². The fraction of sp³-hybridized carbons (Fsp3) is 0. The zero-order valence-corrected chi connectivity index (χ0v) is 9.44. The molecule has 0 amide bonds. The van der Waals surface area contributed by atoms with Crippen molar-refractivity contribution in [3.63, 3.8) is 0 Å². The van der Waals surface area contributed by atoms with E-state index in [2.05, 4.69) is 15.0 Å². The Kier molecular flexibility index (Phi) is 2.82. The summed E-state index contributed by atoms with van der Waals surface area (Å²) in [6, 6.07) is 1.94. The van der Waals surface area contributed by atoms with Crippen LogP contribution in [0.15, 0.2) is 11.6 Å². The van der Waals surface area contributed by atoms with E-state index in [0.29, 0.717) is 16.3 Å². The molecule has 0 aliphatic carbocycles. The monoisotopic (exact) mass is 256 g/mol. The van der Waals surface area contributed by atoms with Crippen LogP contribution < -0.4 is 0 Å². The first-order valence-electron chi connectivity index (χ1n) is 3.74. The minimum atomic E-state index is 0.0841. The Morgan fingerprint density at radius 3 is 2.73 bits per heavy atom. The van der Waals surface area contributed by atoms with Crippen molar-refractivity contribution in [2.45, 2.75) is 0 Å². The molecule has 4 nitrogen and oxygen atoms in total. The van der Waals surface area contributed by atoms with E-state index >= 15 is 0 Å². The van der Waals surface area contributed by atoms with Crippen LogP contribution in [0.2, 0.25) is 10.4 Å². The van der Waals surface area contributed by atoms with Crippen LogP contribution in [0.4, 0.5) is 0 Å². The fourth-order valence-electron chi connectivity index (χ4n) is 0.933. The minimum absolute atomic E-state index is 0.0841. The summed E-state index contributed by atoms with van der Waals surface area (Å²) < 4.78 is 0. The number of hydrogen-bond acceptors (Lipinski definition) is 5. The molecule has 2 aromatic heterocycles. The number of halogens is 2. The first-order valence-corrected chi connectivity index (χ1v) is 5.38. The number of aromatic nitrogens is 3. The molecule has 0 N–H and O–H groups in total. The molecule has 0 aromatic carbocycles. The zero-order valence-electron chi connectivity index (χ0n) is 7.11. The van der Waals surface area contributed by atoms with Gasteiger partial charge < -0.3 is 0 Å². The lowest BCUT2D eigenvalue weighted by Gasteiger charge is -1.97. The molecule has 0 bridgehead atoms. The van der Waals surface area contributed by atoms with E-state index in [-0.39, 0.29) is 10.4 Å². The van der Waals surface area contributed by atoms with E-state index in [9.17, 15) is 0 Å². The largest absolute Gasteiger partial charge is 0.226 e. The molecule has 0 saturated carbocycles. The van der Waals surface area contributed by atoms with E-state index in [1.165, 1.54) is 17.5 Å². The van der Waals surface area contributed by atoms with Crippen molar-refractivity contribution in [1.82, 2.24) is 15.0 Å². The van der Waals surface area contributed by atoms with Crippen LogP contribution in [0.25, 0.3) is 10.6 Å². The second-order valence-electron chi connectivity index (χ2n) is 2.49. The SMILES string of the molecule is N#Cc1csc(-c2cnc(Cl)nc2Cl)n1. The van der Waals surface area contributed by atoms with Gasteiger partial charge in [0.15, 0.2) is 5.69 Å². The van der Waals surface area contributed by atoms with Crippen molar-refractivity contribution in [2.24, 2.45) is 0 Å². The summed E-state index contributed by atoms with van der Waals surface area (Å²) >= 11 is 12.7. The molecule has 0 fully saturated rings. The summed E-state index contributed by atoms with van der Waals surface area (Å²) in [5, 5.41) is 11.2. The van der Waals surface area contributed by atoms with Crippen LogP contribution in [0.5, 0.6) is 0 Å². The summed E-state index contributed by atoms with van der Waals surface area (Å²) in [5.41, 5.74) is 0.925. The Bertz CT molecular complexity index is 546. The molecular weight excluding hydrogens is 255 g/mol. The van der Waals surface area contributed by atoms with Gasteiger partial charge in [-0.2, -0.15) is 5.26 Å². The van der Waals surface area contributed by atoms with E-state index in [4.69, 9.17) is 28.5 Å². The molecule has 0 atom stereocenters. The summed E-state index contributed by atoms with van der Waals surface area (Å²) in [5.74, 6) is 0. The lowest BCUT2D eigenvalue weighted by Crippen LogP contribution is -1.87. The number of hydrogen-bond donors (Lipinski definition) is 0. The van der Waals surface area contributed by atoms with Crippen molar-refractivity contribution in [3.05, 3.63) is 27.7 Å². The Balaban J connectivity index is 2.50. The molecule has 2 aromatic rings. The van der Waals surface area contributed by atoms with Crippen molar-refractivity contribution >= 4 is 34.5 Å². The Morgan fingerprint density at radius 2 is 2.13 bits per heavy atom. The summed E-state index contributed by atoms with van der Waals surface area (Å²) in [7, 11) is 0. The van der Waals surface area contributed by atoms with Gasteiger partial charge in [0.25, 0.3) is 0 Å².